The first-order valence-corrected chi connectivity index (χ1v) is 7.44. The lowest BCUT2D eigenvalue weighted by Gasteiger charge is -2.33. The van der Waals surface area contributed by atoms with Gasteiger partial charge in [-0.15, -0.1) is 0 Å². The highest BCUT2D eigenvalue weighted by molar-refractivity contribution is 5.00. The molecule has 3 aliphatic rings. The third-order valence-electron chi connectivity index (χ3n) is 5.07. The Balaban J connectivity index is 1.69. The first-order valence-electron chi connectivity index (χ1n) is 7.44. The van der Waals surface area contributed by atoms with E-state index in [9.17, 15) is 0 Å². The van der Waals surface area contributed by atoms with Crippen molar-refractivity contribution in [2.24, 2.45) is 11.8 Å². The average molecular weight is 238 g/mol. The molecule has 3 rings (SSSR count). The second-order valence-corrected chi connectivity index (χ2v) is 5.95. The van der Waals surface area contributed by atoms with E-state index in [1.807, 2.05) is 0 Å². The monoisotopic (exact) mass is 238 g/mol. The van der Waals surface area contributed by atoms with E-state index in [0.29, 0.717) is 0 Å². The molecule has 3 fully saturated rings. The van der Waals surface area contributed by atoms with Gasteiger partial charge in [-0.3, -0.25) is 4.90 Å². The van der Waals surface area contributed by atoms with E-state index >= 15 is 0 Å². The fraction of sp³-hybridized carbons (Fsp3) is 1.00. The number of nitrogens with one attached hydrogen (secondary N) is 1. The van der Waals surface area contributed by atoms with Gasteiger partial charge in [-0.25, -0.2) is 0 Å². The molecule has 0 amide bonds. The molecule has 3 heteroatoms. The van der Waals surface area contributed by atoms with Gasteiger partial charge in [0, 0.05) is 31.8 Å². The zero-order valence-electron chi connectivity index (χ0n) is 11.0. The fourth-order valence-electron chi connectivity index (χ4n) is 4.23. The summed E-state index contributed by atoms with van der Waals surface area (Å²) in [4.78, 5) is 2.84. The highest BCUT2D eigenvalue weighted by Crippen LogP contribution is 2.37. The predicted molar refractivity (Wildman–Crippen MR) is 69.1 cm³/mol. The molecule has 4 atom stereocenters. The van der Waals surface area contributed by atoms with Crippen LogP contribution in [-0.2, 0) is 4.74 Å². The molecule has 1 N–H and O–H groups in total. The molecule has 0 aromatic rings. The highest BCUT2D eigenvalue weighted by atomic mass is 16.5. The molecule has 0 saturated carbocycles. The fourth-order valence-corrected chi connectivity index (χ4v) is 4.23. The number of rotatable bonds is 2. The van der Waals surface area contributed by atoms with E-state index in [-0.39, 0.29) is 0 Å². The summed E-state index contributed by atoms with van der Waals surface area (Å²) in [7, 11) is 0. The molecule has 0 radical (unpaired) electrons. The van der Waals surface area contributed by atoms with Gasteiger partial charge in [0.05, 0.1) is 0 Å². The van der Waals surface area contributed by atoms with Gasteiger partial charge in [-0.05, 0) is 50.6 Å². The number of fused-ring (bicyclic) bond motifs is 1. The number of hydrogen-bond donors (Lipinski definition) is 1. The molecule has 17 heavy (non-hydrogen) atoms. The van der Waals surface area contributed by atoms with E-state index in [2.05, 4.69) is 17.1 Å². The molecule has 0 aromatic heterocycles. The second kappa shape index (κ2) is 5.25. The SMILES string of the molecule is CCC1C2CNCC2CN1C1CCCOCC1. The van der Waals surface area contributed by atoms with Crippen LogP contribution in [0.1, 0.15) is 32.6 Å². The maximum atomic E-state index is 5.61. The van der Waals surface area contributed by atoms with Crippen molar-refractivity contribution in [3.05, 3.63) is 0 Å². The Morgan fingerprint density at radius 2 is 2.18 bits per heavy atom. The molecule has 0 spiro atoms. The van der Waals surface area contributed by atoms with Crippen molar-refractivity contribution in [2.45, 2.75) is 44.7 Å². The minimum absolute atomic E-state index is 0.799. The quantitative estimate of drug-likeness (QED) is 0.789. The van der Waals surface area contributed by atoms with Crippen LogP contribution < -0.4 is 5.32 Å². The van der Waals surface area contributed by atoms with Crippen molar-refractivity contribution >= 4 is 0 Å². The molecule has 3 aliphatic heterocycles. The second-order valence-electron chi connectivity index (χ2n) is 5.95. The smallest absolute Gasteiger partial charge is 0.0480 e. The molecule has 0 aromatic carbocycles. The van der Waals surface area contributed by atoms with E-state index in [1.54, 1.807) is 0 Å². The normalized spacial score (nSPS) is 43.6. The van der Waals surface area contributed by atoms with Gasteiger partial charge < -0.3 is 10.1 Å². The minimum Gasteiger partial charge on any atom is -0.381 e. The Labute approximate surface area is 105 Å². The molecule has 3 nitrogen and oxygen atoms in total. The van der Waals surface area contributed by atoms with Crippen molar-refractivity contribution in [3.63, 3.8) is 0 Å². The van der Waals surface area contributed by atoms with Crippen LogP contribution in [0.5, 0.6) is 0 Å². The molecule has 3 saturated heterocycles. The van der Waals surface area contributed by atoms with E-state index < -0.39 is 0 Å². The summed E-state index contributed by atoms with van der Waals surface area (Å²) in [6, 6.07) is 1.63. The Bertz CT molecular complexity index is 251. The van der Waals surface area contributed by atoms with Crippen LogP contribution >= 0.6 is 0 Å². The zero-order chi connectivity index (χ0) is 11.7. The summed E-state index contributed by atoms with van der Waals surface area (Å²) in [5, 5.41) is 3.57. The van der Waals surface area contributed by atoms with Crippen molar-refractivity contribution < 1.29 is 4.74 Å². The van der Waals surface area contributed by atoms with Crippen molar-refractivity contribution in [1.29, 1.82) is 0 Å². The van der Waals surface area contributed by atoms with Crippen LogP contribution in [0, 0.1) is 11.8 Å². The predicted octanol–water partition coefficient (Wildman–Crippen LogP) is 1.49. The van der Waals surface area contributed by atoms with E-state index in [4.69, 9.17) is 4.74 Å². The van der Waals surface area contributed by atoms with Crippen molar-refractivity contribution in [3.8, 4) is 0 Å². The van der Waals surface area contributed by atoms with Gasteiger partial charge in [0.1, 0.15) is 0 Å². The summed E-state index contributed by atoms with van der Waals surface area (Å²) < 4.78 is 5.61. The largest absolute Gasteiger partial charge is 0.381 e. The lowest BCUT2D eigenvalue weighted by molar-refractivity contribution is 0.116. The van der Waals surface area contributed by atoms with E-state index in [1.165, 1.54) is 45.3 Å². The molecule has 0 bridgehead atoms. The van der Waals surface area contributed by atoms with Gasteiger partial charge >= 0.3 is 0 Å². The maximum Gasteiger partial charge on any atom is 0.0480 e. The Morgan fingerprint density at radius 3 is 3.06 bits per heavy atom. The van der Waals surface area contributed by atoms with Gasteiger partial charge in [-0.1, -0.05) is 6.92 Å². The van der Waals surface area contributed by atoms with Gasteiger partial charge in [0.2, 0.25) is 0 Å². The summed E-state index contributed by atoms with van der Waals surface area (Å²) in [5.74, 6) is 1.84. The molecule has 3 heterocycles. The molecular weight excluding hydrogens is 212 g/mol. The highest BCUT2D eigenvalue weighted by Gasteiger charge is 2.45. The van der Waals surface area contributed by atoms with Crippen molar-refractivity contribution in [2.75, 3.05) is 32.8 Å². The van der Waals surface area contributed by atoms with Crippen LogP contribution in [0.3, 0.4) is 0 Å². The zero-order valence-corrected chi connectivity index (χ0v) is 11.0. The van der Waals surface area contributed by atoms with Gasteiger partial charge in [-0.2, -0.15) is 0 Å². The maximum absolute atomic E-state index is 5.61. The number of likely N-dealkylation sites (tertiary alicyclic amines) is 1. The Hall–Kier alpha value is -0.120. The van der Waals surface area contributed by atoms with Gasteiger partial charge in [0.15, 0.2) is 0 Å². The first kappa shape index (κ1) is 11.9. The van der Waals surface area contributed by atoms with Gasteiger partial charge in [0.25, 0.3) is 0 Å². The minimum atomic E-state index is 0.799. The summed E-state index contributed by atoms with van der Waals surface area (Å²) >= 11 is 0. The lowest BCUT2D eigenvalue weighted by Crippen LogP contribution is -2.42. The topological polar surface area (TPSA) is 24.5 Å². The first-order chi connectivity index (χ1) is 8.40. The molecule has 98 valence electrons. The number of ether oxygens (including phenoxy) is 1. The van der Waals surface area contributed by atoms with E-state index in [0.717, 1.165) is 37.1 Å². The van der Waals surface area contributed by atoms with Crippen LogP contribution in [-0.4, -0.2) is 49.8 Å². The van der Waals surface area contributed by atoms with Crippen LogP contribution in [0.2, 0.25) is 0 Å². The summed E-state index contributed by atoms with van der Waals surface area (Å²) in [6.45, 7) is 8.16. The summed E-state index contributed by atoms with van der Waals surface area (Å²) in [5.41, 5.74) is 0. The van der Waals surface area contributed by atoms with Crippen LogP contribution in [0.25, 0.3) is 0 Å². The number of hydrogen-bond acceptors (Lipinski definition) is 3. The van der Waals surface area contributed by atoms with Crippen LogP contribution in [0.15, 0.2) is 0 Å². The Morgan fingerprint density at radius 1 is 1.24 bits per heavy atom. The molecule has 4 unspecified atom stereocenters. The summed E-state index contributed by atoms with van der Waals surface area (Å²) in [6.07, 6.45) is 5.18. The van der Waals surface area contributed by atoms with Crippen LogP contribution in [0.4, 0.5) is 0 Å². The average Bonchev–Trinajstić information content (AvgIpc) is 2.80. The third-order valence-corrected chi connectivity index (χ3v) is 5.07. The lowest BCUT2D eigenvalue weighted by atomic mass is 9.92. The van der Waals surface area contributed by atoms with Crippen molar-refractivity contribution in [1.82, 2.24) is 10.2 Å². The third kappa shape index (κ3) is 2.25. The Kier molecular flexibility index (Phi) is 3.69. The standard InChI is InChI=1S/C14H26N2O/c1-2-14-13-9-15-8-11(13)10-16(14)12-4-3-6-17-7-5-12/h11-15H,2-10H2,1H3. The number of nitrogens with zero attached hydrogens (tertiary/aromatic N) is 1. The molecular formula is C14H26N2O. The molecule has 0 aliphatic carbocycles.